The Morgan fingerprint density at radius 1 is 1.00 bits per heavy atom. The van der Waals surface area contributed by atoms with E-state index in [1.54, 1.807) is 68.8 Å². The Balaban J connectivity index is 1.58. The summed E-state index contributed by atoms with van der Waals surface area (Å²) in [7, 11) is 3.10. The summed E-state index contributed by atoms with van der Waals surface area (Å²) in [5.74, 6) is 1.42. The zero-order chi connectivity index (χ0) is 26.4. The van der Waals surface area contributed by atoms with Crippen molar-refractivity contribution in [2.24, 2.45) is 5.73 Å². The van der Waals surface area contributed by atoms with E-state index >= 15 is 0 Å². The number of benzene rings is 3. The van der Waals surface area contributed by atoms with Crippen LogP contribution in [0.3, 0.4) is 0 Å². The summed E-state index contributed by atoms with van der Waals surface area (Å²) >= 11 is 0. The van der Waals surface area contributed by atoms with Crippen LogP contribution in [-0.2, 0) is 0 Å². The zero-order valence-corrected chi connectivity index (χ0v) is 20.9. The summed E-state index contributed by atoms with van der Waals surface area (Å²) < 4.78 is 27.7. The molecular formula is C29H28N2O6. The number of hydrogen-bond donors (Lipinski definition) is 1. The quantitative estimate of drug-likeness (QED) is 0.239. The van der Waals surface area contributed by atoms with Gasteiger partial charge in [-0.1, -0.05) is 25.5 Å². The SMILES string of the molecule is CCCCOc1ccc(C(=O)Oc2ccc3c(c2)OC(N)=C(C#N)C3c2ccc(OC)c(OC)c2)cc1. The number of rotatable bonds is 9. The van der Waals surface area contributed by atoms with E-state index in [1.165, 1.54) is 0 Å². The normalized spacial score (nSPS) is 14.2. The van der Waals surface area contributed by atoms with Gasteiger partial charge < -0.3 is 29.4 Å². The fourth-order valence-corrected chi connectivity index (χ4v) is 4.06. The minimum atomic E-state index is -0.520. The lowest BCUT2D eigenvalue weighted by Gasteiger charge is -2.27. The zero-order valence-electron chi connectivity index (χ0n) is 20.9. The maximum atomic E-state index is 12.7. The molecule has 2 N–H and O–H groups in total. The number of nitrogens with two attached hydrogens (primary N) is 1. The maximum Gasteiger partial charge on any atom is 0.343 e. The third-order valence-electron chi connectivity index (χ3n) is 6.00. The van der Waals surface area contributed by atoms with Gasteiger partial charge in [-0.05, 0) is 54.4 Å². The number of methoxy groups -OCH3 is 2. The van der Waals surface area contributed by atoms with Crippen LogP contribution in [0.2, 0.25) is 0 Å². The number of unbranched alkanes of at least 4 members (excludes halogenated alkanes) is 1. The van der Waals surface area contributed by atoms with E-state index < -0.39 is 11.9 Å². The fraction of sp³-hybridized carbons (Fsp3) is 0.241. The van der Waals surface area contributed by atoms with Crippen molar-refractivity contribution in [2.75, 3.05) is 20.8 Å². The van der Waals surface area contributed by atoms with Gasteiger partial charge in [0, 0.05) is 11.6 Å². The molecule has 0 amide bonds. The molecule has 1 atom stereocenters. The second kappa shape index (κ2) is 11.4. The van der Waals surface area contributed by atoms with Crippen LogP contribution >= 0.6 is 0 Å². The number of fused-ring (bicyclic) bond motifs is 1. The van der Waals surface area contributed by atoms with Gasteiger partial charge in [0.25, 0.3) is 0 Å². The smallest absolute Gasteiger partial charge is 0.343 e. The fourth-order valence-electron chi connectivity index (χ4n) is 4.06. The average molecular weight is 501 g/mol. The Bertz CT molecular complexity index is 1360. The molecule has 0 radical (unpaired) electrons. The van der Waals surface area contributed by atoms with E-state index in [1.807, 2.05) is 6.07 Å². The minimum Gasteiger partial charge on any atom is -0.494 e. The summed E-state index contributed by atoms with van der Waals surface area (Å²) in [6.07, 6.45) is 2.01. The number of hydrogen-bond acceptors (Lipinski definition) is 8. The van der Waals surface area contributed by atoms with Gasteiger partial charge in [-0.2, -0.15) is 5.26 Å². The lowest BCUT2D eigenvalue weighted by Crippen LogP contribution is -2.21. The number of nitriles is 1. The van der Waals surface area contributed by atoms with Gasteiger partial charge in [0.1, 0.15) is 28.9 Å². The van der Waals surface area contributed by atoms with E-state index in [2.05, 4.69) is 13.0 Å². The molecule has 8 heteroatoms. The van der Waals surface area contributed by atoms with E-state index in [0.29, 0.717) is 40.7 Å². The highest BCUT2D eigenvalue weighted by Crippen LogP contribution is 2.45. The molecule has 0 fully saturated rings. The van der Waals surface area contributed by atoms with Gasteiger partial charge in [-0.15, -0.1) is 0 Å². The van der Waals surface area contributed by atoms with Crippen LogP contribution in [0.4, 0.5) is 0 Å². The second-order valence-corrected chi connectivity index (χ2v) is 8.35. The average Bonchev–Trinajstić information content (AvgIpc) is 2.92. The number of ether oxygens (including phenoxy) is 5. The van der Waals surface area contributed by atoms with Crippen LogP contribution in [0.25, 0.3) is 0 Å². The second-order valence-electron chi connectivity index (χ2n) is 8.35. The molecule has 1 aliphatic heterocycles. The van der Waals surface area contributed by atoms with E-state index in [9.17, 15) is 10.1 Å². The number of allylic oxidation sites excluding steroid dienone is 1. The third-order valence-corrected chi connectivity index (χ3v) is 6.00. The van der Waals surface area contributed by atoms with Crippen LogP contribution in [0.1, 0.15) is 47.2 Å². The Hall–Kier alpha value is -4.64. The topological polar surface area (TPSA) is 113 Å². The van der Waals surface area contributed by atoms with Crippen LogP contribution in [-0.4, -0.2) is 26.8 Å². The molecule has 0 aromatic heterocycles. The molecule has 8 nitrogen and oxygen atoms in total. The summed E-state index contributed by atoms with van der Waals surface area (Å²) in [6, 6.07) is 19.4. The molecule has 0 aliphatic carbocycles. The van der Waals surface area contributed by atoms with Crippen molar-refractivity contribution >= 4 is 5.97 Å². The van der Waals surface area contributed by atoms with E-state index in [4.69, 9.17) is 29.4 Å². The molecule has 0 saturated carbocycles. The van der Waals surface area contributed by atoms with Crippen molar-refractivity contribution in [2.45, 2.75) is 25.7 Å². The molecule has 1 unspecified atom stereocenters. The largest absolute Gasteiger partial charge is 0.494 e. The molecule has 3 aromatic carbocycles. The Labute approximate surface area is 215 Å². The van der Waals surface area contributed by atoms with Crippen LogP contribution in [0, 0.1) is 11.3 Å². The number of carbonyl (C=O) groups excluding carboxylic acids is 1. The molecule has 1 aliphatic rings. The molecule has 190 valence electrons. The lowest BCUT2D eigenvalue weighted by molar-refractivity contribution is 0.0734. The molecule has 0 saturated heterocycles. The molecule has 1 heterocycles. The first-order valence-electron chi connectivity index (χ1n) is 11.9. The number of carbonyl (C=O) groups is 1. The van der Waals surface area contributed by atoms with E-state index in [-0.39, 0.29) is 17.2 Å². The highest BCUT2D eigenvalue weighted by atomic mass is 16.5. The van der Waals surface area contributed by atoms with Crippen molar-refractivity contribution in [1.29, 1.82) is 5.26 Å². The first kappa shape index (κ1) is 25.5. The van der Waals surface area contributed by atoms with Crippen LogP contribution in [0.5, 0.6) is 28.7 Å². The Morgan fingerprint density at radius 2 is 1.73 bits per heavy atom. The van der Waals surface area contributed by atoms with Crippen LogP contribution < -0.4 is 29.4 Å². The Morgan fingerprint density at radius 3 is 2.41 bits per heavy atom. The molecule has 3 aromatic rings. The van der Waals surface area contributed by atoms with Crippen molar-refractivity contribution in [3.8, 4) is 34.8 Å². The van der Waals surface area contributed by atoms with Gasteiger partial charge in [0.05, 0.1) is 32.3 Å². The van der Waals surface area contributed by atoms with Crippen molar-refractivity contribution in [3.63, 3.8) is 0 Å². The van der Waals surface area contributed by atoms with Gasteiger partial charge >= 0.3 is 5.97 Å². The molecule has 37 heavy (non-hydrogen) atoms. The van der Waals surface area contributed by atoms with Crippen molar-refractivity contribution < 1.29 is 28.5 Å². The van der Waals surface area contributed by atoms with Gasteiger partial charge in [-0.3, -0.25) is 0 Å². The predicted molar refractivity (Wildman–Crippen MR) is 137 cm³/mol. The summed E-state index contributed by atoms with van der Waals surface area (Å²) in [6.45, 7) is 2.72. The highest BCUT2D eigenvalue weighted by Gasteiger charge is 2.31. The highest BCUT2D eigenvalue weighted by molar-refractivity contribution is 5.91. The standard InChI is InChI=1S/C29H28N2O6/c1-4-5-14-35-20-9-6-18(7-10-20)29(32)36-21-11-12-22-25(16-21)37-28(31)23(17-30)27(22)19-8-13-24(33-2)26(15-19)34-3/h6-13,15-16,27H,4-5,14,31H2,1-3H3. The van der Waals surface area contributed by atoms with Gasteiger partial charge in [-0.25, -0.2) is 4.79 Å². The molecule has 4 rings (SSSR count). The maximum absolute atomic E-state index is 12.7. The first-order valence-corrected chi connectivity index (χ1v) is 11.9. The predicted octanol–water partition coefficient (Wildman–Crippen LogP) is 5.32. The Kier molecular flexibility index (Phi) is 7.84. The summed E-state index contributed by atoms with van der Waals surface area (Å²) in [5, 5.41) is 9.82. The van der Waals surface area contributed by atoms with Gasteiger partial charge in [0.2, 0.25) is 5.88 Å². The molecule has 0 spiro atoms. The van der Waals surface area contributed by atoms with Gasteiger partial charge in [0.15, 0.2) is 11.5 Å². The summed E-state index contributed by atoms with van der Waals surface area (Å²) in [5.41, 5.74) is 8.24. The molecular weight excluding hydrogens is 472 g/mol. The monoisotopic (exact) mass is 500 g/mol. The van der Waals surface area contributed by atoms with Crippen LogP contribution in [0.15, 0.2) is 72.1 Å². The number of esters is 1. The number of nitrogens with zero attached hydrogens (tertiary/aromatic N) is 1. The van der Waals surface area contributed by atoms with Crippen molar-refractivity contribution in [3.05, 3.63) is 88.8 Å². The first-order chi connectivity index (χ1) is 18.0. The molecule has 0 bridgehead atoms. The minimum absolute atomic E-state index is 0.0167. The third kappa shape index (κ3) is 5.46. The van der Waals surface area contributed by atoms with Crippen molar-refractivity contribution in [1.82, 2.24) is 0 Å². The summed E-state index contributed by atoms with van der Waals surface area (Å²) in [4.78, 5) is 12.7. The lowest BCUT2D eigenvalue weighted by atomic mass is 9.83. The van der Waals surface area contributed by atoms with E-state index in [0.717, 1.165) is 18.4 Å².